The number of rotatable bonds is 2. The maximum atomic E-state index is 12.7. The van der Waals surface area contributed by atoms with E-state index in [1.54, 1.807) is 23.5 Å². The van der Waals surface area contributed by atoms with Crippen molar-refractivity contribution in [3.8, 4) is 10.6 Å². The first-order valence-electron chi connectivity index (χ1n) is 4.81. The first-order valence-corrected chi connectivity index (χ1v) is 5.63. The number of halogens is 1. The minimum Gasteiger partial charge on any atom is -0.441 e. The van der Waals surface area contributed by atoms with Crippen molar-refractivity contribution in [3.05, 3.63) is 41.2 Å². The molecular formula is C12H11FKNS. The summed E-state index contributed by atoms with van der Waals surface area (Å²) in [7, 11) is 0. The quantitative estimate of drug-likeness (QED) is 0.576. The summed E-state index contributed by atoms with van der Waals surface area (Å²) in [5.74, 6) is 0.222. The van der Waals surface area contributed by atoms with E-state index in [4.69, 9.17) is 0 Å². The average Bonchev–Trinajstić information content (AvgIpc) is 2.68. The second-order valence-corrected chi connectivity index (χ2v) is 4.69. The molecule has 0 bridgehead atoms. The van der Waals surface area contributed by atoms with Crippen LogP contribution in [0.5, 0.6) is 0 Å². The summed E-state index contributed by atoms with van der Waals surface area (Å²) in [5, 5.41) is 0.902. The molecule has 0 amide bonds. The van der Waals surface area contributed by atoms with Gasteiger partial charge in [0.15, 0.2) is 0 Å². The molecule has 4 heteroatoms. The molecule has 0 saturated heterocycles. The van der Waals surface area contributed by atoms with Crippen LogP contribution in [0.3, 0.4) is 0 Å². The summed E-state index contributed by atoms with van der Waals surface area (Å²) in [5.41, 5.74) is 0.949. The zero-order chi connectivity index (χ0) is 10.8. The molecule has 0 atom stereocenters. The molecule has 1 nitrogen and oxygen atoms in total. The number of thiazole rings is 1. The van der Waals surface area contributed by atoms with Crippen LogP contribution in [0.25, 0.3) is 10.6 Å². The molecule has 0 aliphatic carbocycles. The third kappa shape index (κ3) is 3.45. The van der Waals surface area contributed by atoms with Crippen molar-refractivity contribution in [2.75, 3.05) is 0 Å². The minimum atomic E-state index is -0.219. The molecule has 0 unspecified atom stereocenters. The van der Waals surface area contributed by atoms with E-state index in [1.807, 2.05) is 0 Å². The van der Waals surface area contributed by atoms with Gasteiger partial charge in [-0.15, -0.1) is 6.20 Å². The second kappa shape index (κ2) is 6.38. The fourth-order valence-corrected chi connectivity index (χ4v) is 2.10. The van der Waals surface area contributed by atoms with Crippen molar-refractivity contribution in [2.24, 2.45) is 0 Å². The Morgan fingerprint density at radius 2 is 1.88 bits per heavy atom. The summed E-state index contributed by atoms with van der Waals surface area (Å²) < 4.78 is 12.7. The topological polar surface area (TPSA) is 12.9 Å². The first kappa shape index (κ1) is 14.5. The smallest absolute Gasteiger partial charge is 0.441 e. The molecule has 1 heterocycles. The Morgan fingerprint density at radius 1 is 1.25 bits per heavy atom. The molecule has 2 aromatic rings. The van der Waals surface area contributed by atoms with Gasteiger partial charge in [0.05, 0.1) is 0 Å². The van der Waals surface area contributed by atoms with E-state index in [0.29, 0.717) is 5.92 Å². The van der Waals surface area contributed by atoms with Gasteiger partial charge in [-0.1, -0.05) is 36.4 Å². The van der Waals surface area contributed by atoms with E-state index < -0.39 is 0 Å². The number of nitrogens with zero attached hydrogens (tertiary/aromatic N) is 1. The Kier molecular flexibility index (Phi) is 5.77. The van der Waals surface area contributed by atoms with Crippen LogP contribution in [0, 0.1) is 12.0 Å². The van der Waals surface area contributed by atoms with Gasteiger partial charge in [-0.3, -0.25) is 0 Å². The van der Waals surface area contributed by atoms with Gasteiger partial charge in [0.2, 0.25) is 0 Å². The Hall–Kier alpha value is 0.416. The summed E-state index contributed by atoms with van der Waals surface area (Å²) >= 11 is 1.61. The van der Waals surface area contributed by atoms with Gasteiger partial charge in [0.25, 0.3) is 0 Å². The van der Waals surface area contributed by atoms with Gasteiger partial charge in [-0.25, -0.2) is 15.7 Å². The predicted molar refractivity (Wildman–Crippen MR) is 60.4 cm³/mol. The van der Waals surface area contributed by atoms with Gasteiger partial charge in [-0.2, -0.15) is 0 Å². The number of aromatic nitrogens is 1. The molecule has 0 fully saturated rings. The van der Waals surface area contributed by atoms with Crippen molar-refractivity contribution in [1.82, 2.24) is 4.98 Å². The maximum Gasteiger partial charge on any atom is 1.00 e. The Labute approximate surface area is 142 Å². The van der Waals surface area contributed by atoms with E-state index in [-0.39, 0.29) is 57.2 Å². The average molecular weight is 259 g/mol. The van der Waals surface area contributed by atoms with Gasteiger partial charge in [0, 0.05) is 0 Å². The van der Waals surface area contributed by atoms with Crippen LogP contribution in [0.15, 0.2) is 24.3 Å². The van der Waals surface area contributed by atoms with E-state index in [2.05, 4.69) is 25.0 Å². The van der Waals surface area contributed by atoms with Gasteiger partial charge in [-0.05, 0) is 23.1 Å². The molecule has 1 aromatic heterocycles. The van der Waals surface area contributed by atoms with Crippen molar-refractivity contribution in [3.63, 3.8) is 0 Å². The molecule has 0 aliphatic heterocycles. The second-order valence-electron chi connectivity index (χ2n) is 3.66. The van der Waals surface area contributed by atoms with Crippen LogP contribution in [-0.2, 0) is 0 Å². The standard InChI is InChI=1S/C12H11FNS.K/c1-8(2)11-7-14-12(15-11)9-3-5-10(13)6-4-9;/h3-6,8H,1-2H3;/q-1;+1. The molecule has 0 spiro atoms. The molecule has 1 aromatic carbocycles. The van der Waals surface area contributed by atoms with Crippen molar-refractivity contribution in [2.45, 2.75) is 19.8 Å². The van der Waals surface area contributed by atoms with E-state index in [0.717, 1.165) is 15.4 Å². The van der Waals surface area contributed by atoms with E-state index in [1.165, 1.54) is 12.1 Å². The Bertz CT molecular complexity index is 450. The molecule has 0 saturated carbocycles. The minimum absolute atomic E-state index is 0. The van der Waals surface area contributed by atoms with Crippen molar-refractivity contribution < 1.29 is 55.8 Å². The number of benzene rings is 1. The number of hydrogen-bond donors (Lipinski definition) is 0. The third-order valence-corrected chi connectivity index (χ3v) is 3.39. The summed E-state index contributed by atoms with van der Waals surface area (Å²) in [6.45, 7) is 4.22. The third-order valence-electron chi connectivity index (χ3n) is 2.09. The zero-order valence-corrected chi connectivity index (χ0v) is 13.6. The largest absolute Gasteiger partial charge is 1.00 e. The van der Waals surface area contributed by atoms with E-state index in [9.17, 15) is 4.39 Å². The fraction of sp³-hybridized carbons (Fsp3) is 0.250. The molecular weight excluding hydrogens is 248 g/mol. The number of hydrogen-bond acceptors (Lipinski definition) is 2. The summed E-state index contributed by atoms with van der Waals surface area (Å²) in [6, 6.07) is 6.38. The molecule has 0 N–H and O–H groups in total. The summed E-state index contributed by atoms with van der Waals surface area (Å²) in [6.07, 6.45) is 2.99. The van der Waals surface area contributed by atoms with Gasteiger partial charge in [0.1, 0.15) is 5.82 Å². The van der Waals surface area contributed by atoms with E-state index >= 15 is 0 Å². The Balaban J connectivity index is 0.00000128. The monoisotopic (exact) mass is 259 g/mol. The van der Waals surface area contributed by atoms with Crippen LogP contribution in [0.1, 0.15) is 24.6 Å². The molecule has 0 radical (unpaired) electrons. The molecule has 78 valence electrons. The van der Waals surface area contributed by atoms with Crippen LogP contribution in [0.2, 0.25) is 0 Å². The maximum absolute atomic E-state index is 12.7. The van der Waals surface area contributed by atoms with Crippen molar-refractivity contribution >= 4 is 11.3 Å². The molecule has 16 heavy (non-hydrogen) atoms. The molecule has 2 rings (SSSR count). The van der Waals surface area contributed by atoms with Crippen molar-refractivity contribution in [1.29, 1.82) is 0 Å². The van der Waals surface area contributed by atoms with Crippen LogP contribution < -0.4 is 51.4 Å². The fourth-order valence-electron chi connectivity index (χ4n) is 1.22. The summed E-state index contributed by atoms with van der Waals surface area (Å²) in [4.78, 5) is 5.34. The zero-order valence-electron chi connectivity index (χ0n) is 9.62. The van der Waals surface area contributed by atoms with Crippen LogP contribution in [0.4, 0.5) is 4.39 Å². The Morgan fingerprint density at radius 3 is 2.38 bits per heavy atom. The predicted octanol–water partition coefficient (Wildman–Crippen LogP) is 0.877. The van der Waals surface area contributed by atoms with Crippen LogP contribution in [-0.4, -0.2) is 4.98 Å². The SMILES string of the molecule is CC(C)c1[c-]nc(-c2ccc(F)cc2)s1.[K+]. The van der Waals surface area contributed by atoms with Gasteiger partial charge < -0.3 is 4.98 Å². The normalized spacial score (nSPS) is 10.2. The van der Waals surface area contributed by atoms with Gasteiger partial charge >= 0.3 is 51.4 Å². The van der Waals surface area contributed by atoms with Crippen LogP contribution >= 0.6 is 11.3 Å². The molecule has 0 aliphatic rings. The first-order chi connectivity index (χ1) is 7.16.